The summed E-state index contributed by atoms with van der Waals surface area (Å²) in [6.07, 6.45) is 3.21. The third kappa shape index (κ3) is 2.20. The zero-order valence-corrected chi connectivity index (χ0v) is 12.5. The molecular weight excluding hydrogens is 330 g/mol. The van der Waals surface area contributed by atoms with E-state index >= 15 is 0 Å². The summed E-state index contributed by atoms with van der Waals surface area (Å²) in [6.45, 7) is 0.555. The second kappa shape index (κ2) is 4.89. The van der Waals surface area contributed by atoms with Crippen LogP contribution in [0.1, 0.15) is 25.2 Å². The van der Waals surface area contributed by atoms with E-state index in [-0.39, 0.29) is 5.41 Å². The lowest BCUT2D eigenvalue weighted by Gasteiger charge is -2.36. The molecule has 0 atom stereocenters. The summed E-state index contributed by atoms with van der Waals surface area (Å²) in [6, 6.07) is 5.56. The molecule has 6 heteroatoms. The van der Waals surface area contributed by atoms with Crippen LogP contribution < -0.4 is 5.73 Å². The van der Waals surface area contributed by atoms with Gasteiger partial charge in [0, 0.05) is 16.6 Å². The van der Waals surface area contributed by atoms with Gasteiger partial charge in [-0.2, -0.15) is 4.98 Å². The largest absolute Gasteiger partial charge is 0.338 e. The van der Waals surface area contributed by atoms with Crippen LogP contribution >= 0.6 is 27.5 Å². The number of aromatic nitrogens is 2. The molecule has 0 saturated heterocycles. The predicted molar refractivity (Wildman–Crippen MR) is 77.0 cm³/mol. The summed E-state index contributed by atoms with van der Waals surface area (Å²) >= 11 is 9.36. The topological polar surface area (TPSA) is 64.9 Å². The van der Waals surface area contributed by atoms with Crippen LogP contribution in [0.15, 0.2) is 27.2 Å². The van der Waals surface area contributed by atoms with Gasteiger partial charge < -0.3 is 10.3 Å². The highest BCUT2D eigenvalue weighted by atomic mass is 79.9. The van der Waals surface area contributed by atoms with E-state index in [9.17, 15) is 0 Å². The molecule has 3 rings (SSSR count). The summed E-state index contributed by atoms with van der Waals surface area (Å²) in [5.41, 5.74) is 6.61. The average Bonchev–Trinajstić information content (AvgIpc) is 2.82. The third-order valence-corrected chi connectivity index (χ3v) is 4.97. The quantitative estimate of drug-likeness (QED) is 0.926. The summed E-state index contributed by atoms with van der Waals surface area (Å²) in [7, 11) is 0. The van der Waals surface area contributed by atoms with Crippen LogP contribution in [0, 0.1) is 0 Å². The first-order valence-corrected chi connectivity index (χ1v) is 7.31. The Kier molecular flexibility index (Phi) is 3.37. The van der Waals surface area contributed by atoms with Gasteiger partial charge in [0.15, 0.2) is 0 Å². The van der Waals surface area contributed by atoms with E-state index < -0.39 is 0 Å². The molecule has 2 N–H and O–H groups in total. The van der Waals surface area contributed by atoms with Crippen molar-refractivity contribution in [3.8, 4) is 11.4 Å². The van der Waals surface area contributed by atoms with Gasteiger partial charge in [-0.1, -0.05) is 23.2 Å². The van der Waals surface area contributed by atoms with Crippen molar-refractivity contribution in [2.45, 2.75) is 24.7 Å². The van der Waals surface area contributed by atoms with Crippen LogP contribution in [0.3, 0.4) is 0 Å². The highest BCUT2D eigenvalue weighted by Gasteiger charge is 2.42. The Bertz CT molecular complexity index is 604. The van der Waals surface area contributed by atoms with Gasteiger partial charge in [0.05, 0.1) is 10.4 Å². The Balaban J connectivity index is 1.94. The van der Waals surface area contributed by atoms with Gasteiger partial charge in [-0.3, -0.25) is 0 Å². The molecule has 0 radical (unpaired) electrons. The van der Waals surface area contributed by atoms with E-state index in [1.165, 1.54) is 6.42 Å². The highest BCUT2D eigenvalue weighted by molar-refractivity contribution is 9.10. The summed E-state index contributed by atoms with van der Waals surface area (Å²) < 4.78 is 6.21. The van der Waals surface area contributed by atoms with E-state index in [2.05, 4.69) is 26.1 Å². The van der Waals surface area contributed by atoms with Crippen molar-refractivity contribution < 1.29 is 4.52 Å². The van der Waals surface area contributed by atoms with Crippen molar-refractivity contribution in [3.63, 3.8) is 0 Å². The number of hydrogen-bond donors (Lipinski definition) is 1. The van der Waals surface area contributed by atoms with Crippen molar-refractivity contribution in [1.82, 2.24) is 10.1 Å². The van der Waals surface area contributed by atoms with Gasteiger partial charge in [0.25, 0.3) is 0 Å². The number of halogens is 2. The fraction of sp³-hybridized carbons (Fsp3) is 0.385. The van der Waals surface area contributed by atoms with Gasteiger partial charge in [0.1, 0.15) is 0 Å². The Labute approximate surface area is 124 Å². The Morgan fingerprint density at radius 3 is 2.79 bits per heavy atom. The van der Waals surface area contributed by atoms with Crippen LogP contribution in [0.25, 0.3) is 11.4 Å². The molecule has 0 aliphatic heterocycles. The normalized spacial score (nSPS) is 17.2. The minimum Gasteiger partial charge on any atom is -0.338 e. The number of hydrogen-bond acceptors (Lipinski definition) is 4. The van der Waals surface area contributed by atoms with E-state index in [0.29, 0.717) is 23.3 Å². The van der Waals surface area contributed by atoms with Crippen molar-refractivity contribution in [1.29, 1.82) is 0 Å². The molecule has 1 aromatic carbocycles. The smallest absolute Gasteiger partial charge is 0.234 e. The molecule has 1 heterocycles. The lowest BCUT2D eigenvalue weighted by atomic mass is 9.69. The molecule has 0 spiro atoms. The van der Waals surface area contributed by atoms with Gasteiger partial charge in [-0.25, -0.2) is 0 Å². The third-order valence-electron chi connectivity index (χ3n) is 3.76. The summed E-state index contributed by atoms with van der Waals surface area (Å²) in [5, 5.41) is 4.70. The van der Waals surface area contributed by atoms with E-state index in [1.54, 1.807) is 6.07 Å². The molecule has 1 aromatic heterocycles. The average molecular weight is 343 g/mol. The first kappa shape index (κ1) is 13.1. The lowest BCUT2D eigenvalue weighted by molar-refractivity contribution is 0.182. The SMILES string of the molecule is NCC1(c2nc(-c3ccc(Cl)c(Br)c3)no2)CCC1. The number of benzene rings is 1. The molecule has 19 heavy (non-hydrogen) atoms. The molecule has 100 valence electrons. The van der Waals surface area contributed by atoms with Crippen LogP contribution in [0.5, 0.6) is 0 Å². The second-order valence-corrected chi connectivity index (χ2v) is 6.15. The molecule has 0 amide bonds. The summed E-state index contributed by atoms with van der Waals surface area (Å²) in [4.78, 5) is 4.49. The Hall–Kier alpha value is -0.910. The van der Waals surface area contributed by atoms with Crippen molar-refractivity contribution >= 4 is 27.5 Å². The van der Waals surface area contributed by atoms with E-state index in [1.807, 2.05) is 12.1 Å². The van der Waals surface area contributed by atoms with Crippen molar-refractivity contribution in [2.75, 3.05) is 6.54 Å². The van der Waals surface area contributed by atoms with Gasteiger partial charge >= 0.3 is 0 Å². The molecule has 2 aromatic rings. The van der Waals surface area contributed by atoms with Crippen molar-refractivity contribution in [2.24, 2.45) is 5.73 Å². The van der Waals surface area contributed by atoms with Gasteiger partial charge in [0.2, 0.25) is 11.7 Å². The van der Waals surface area contributed by atoms with Crippen molar-refractivity contribution in [3.05, 3.63) is 33.6 Å². The predicted octanol–water partition coefficient (Wildman–Crippen LogP) is 3.53. The monoisotopic (exact) mass is 341 g/mol. The van der Waals surface area contributed by atoms with Gasteiger partial charge in [-0.05, 0) is 47.0 Å². The molecule has 0 bridgehead atoms. The zero-order valence-electron chi connectivity index (χ0n) is 10.2. The fourth-order valence-electron chi connectivity index (χ4n) is 2.30. The molecule has 1 aliphatic carbocycles. The van der Waals surface area contributed by atoms with Crippen LogP contribution in [-0.4, -0.2) is 16.7 Å². The van der Waals surface area contributed by atoms with Gasteiger partial charge in [-0.15, -0.1) is 0 Å². The summed E-state index contributed by atoms with van der Waals surface area (Å²) in [5.74, 6) is 1.23. The standard InChI is InChI=1S/C13H13BrClN3O/c14-9-6-8(2-3-10(9)15)11-17-12(19-18-11)13(7-16)4-1-5-13/h2-3,6H,1,4-5,7,16H2. The molecule has 0 unspecified atom stereocenters. The maximum atomic E-state index is 5.97. The molecule has 4 nitrogen and oxygen atoms in total. The Morgan fingerprint density at radius 2 is 2.21 bits per heavy atom. The number of nitrogens with zero attached hydrogens (tertiary/aromatic N) is 2. The van der Waals surface area contributed by atoms with Crippen LogP contribution in [0.2, 0.25) is 5.02 Å². The molecular formula is C13H13BrClN3O. The highest BCUT2D eigenvalue weighted by Crippen LogP contribution is 2.42. The minimum absolute atomic E-state index is 0.102. The van der Waals surface area contributed by atoms with E-state index in [4.69, 9.17) is 21.9 Å². The second-order valence-electron chi connectivity index (χ2n) is 4.89. The first-order valence-electron chi connectivity index (χ1n) is 6.14. The zero-order chi connectivity index (χ0) is 13.5. The molecule has 1 aliphatic rings. The maximum Gasteiger partial charge on any atom is 0.234 e. The van der Waals surface area contributed by atoms with Crippen LogP contribution in [0.4, 0.5) is 0 Å². The number of nitrogens with two attached hydrogens (primary N) is 1. The molecule has 1 fully saturated rings. The number of rotatable bonds is 3. The fourth-order valence-corrected chi connectivity index (χ4v) is 2.80. The van der Waals surface area contributed by atoms with E-state index in [0.717, 1.165) is 22.9 Å². The Morgan fingerprint density at radius 1 is 1.42 bits per heavy atom. The minimum atomic E-state index is -0.102. The lowest BCUT2D eigenvalue weighted by Crippen LogP contribution is -2.41. The molecule has 1 saturated carbocycles. The van der Waals surface area contributed by atoms with Crippen LogP contribution in [-0.2, 0) is 5.41 Å². The first-order chi connectivity index (χ1) is 9.14. The maximum absolute atomic E-state index is 5.97.